The summed E-state index contributed by atoms with van der Waals surface area (Å²) in [7, 11) is 1.86. The van der Waals surface area contributed by atoms with Crippen LogP contribution in [0.3, 0.4) is 0 Å². The zero-order valence-electron chi connectivity index (χ0n) is 14.4. The molecular formula is C20H23BrN2O. The van der Waals surface area contributed by atoms with E-state index >= 15 is 0 Å². The molecule has 1 atom stereocenters. The van der Waals surface area contributed by atoms with Crippen LogP contribution >= 0.6 is 15.9 Å². The molecule has 0 bridgehead atoms. The summed E-state index contributed by atoms with van der Waals surface area (Å²) >= 11 is 3.52. The molecule has 0 unspecified atom stereocenters. The third-order valence-corrected chi connectivity index (χ3v) is 5.35. The monoisotopic (exact) mass is 386 g/mol. The van der Waals surface area contributed by atoms with Gasteiger partial charge in [-0.1, -0.05) is 28.1 Å². The molecule has 24 heavy (non-hydrogen) atoms. The maximum absolute atomic E-state index is 12.6. The Hall–Kier alpha value is -1.81. The van der Waals surface area contributed by atoms with Crippen LogP contribution < -0.4 is 9.80 Å². The van der Waals surface area contributed by atoms with Crippen molar-refractivity contribution in [3.63, 3.8) is 0 Å². The maximum Gasteiger partial charge on any atom is 0.234 e. The van der Waals surface area contributed by atoms with Crippen LogP contribution in [0.5, 0.6) is 0 Å². The summed E-state index contributed by atoms with van der Waals surface area (Å²) < 4.78 is 1.02. The van der Waals surface area contributed by atoms with E-state index < -0.39 is 0 Å². The van der Waals surface area contributed by atoms with Crippen LogP contribution in [0.1, 0.15) is 30.9 Å². The third-order valence-electron chi connectivity index (χ3n) is 4.86. The van der Waals surface area contributed by atoms with Gasteiger partial charge in [0.1, 0.15) is 0 Å². The second kappa shape index (κ2) is 6.98. The Bertz CT molecular complexity index is 738. The Morgan fingerprint density at radius 1 is 1.08 bits per heavy atom. The highest BCUT2D eigenvalue weighted by Gasteiger charge is 2.35. The molecule has 1 amide bonds. The maximum atomic E-state index is 12.6. The molecule has 0 saturated carbocycles. The molecule has 1 aliphatic rings. The average molecular weight is 387 g/mol. The van der Waals surface area contributed by atoms with Crippen LogP contribution in [0.2, 0.25) is 0 Å². The van der Waals surface area contributed by atoms with Gasteiger partial charge in [-0.15, -0.1) is 0 Å². The van der Waals surface area contributed by atoms with E-state index in [4.69, 9.17) is 0 Å². The predicted octanol–water partition coefficient (Wildman–Crippen LogP) is 4.60. The van der Waals surface area contributed by atoms with Gasteiger partial charge in [0.25, 0.3) is 0 Å². The number of amides is 1. The minimum Gasteiger partial charge on any atom is -0.372 e. The summed E-state index contributed by atoms with van der Waals surface area (Å²) in [4.78, 5) is 16.7. The molecule has 0 N–H and O–H groups in total. The van der Waals surface area contributed by atoms with Crippen molar-refractivity contribution in [3.8, 4) is 0 Å². The van der Waals surface area contributed by atoms with Crippen molar-refractivity contribution >= 4 is 33.2 Å². The lowest BCUT2D eigenvalue weighted by Gasteiger charge is -2.21. The quantitative estimate of drug-likeness (QED) is 0.749. The van der Waals surface area contributed by atoms with Crippen molar-refractivity contribution in [2.24, 2.45) is 0 Å². The van der Waals surface area contributed by atoms with Gasteiger partial charge in [0.15, 0.2) is 0 Å². The molecule has 1 aliphatic heterocycles. The highest BCUT2D eigenvalue weighted by Crippen LogP contribution is 2.39. The number of halogens is 1. The fourth-order valence-corrected chi connectivity index (χ4v) is 3.84. The van der Waals surface area contributed by atoms with E-state index in [1.54, 1.807) is 4.90 Å². The zero-order chi connectivity index (χ0) is 17.3. The Balaban J connectivity index is 1.84. The lowest BCUT2D eigenvalue weighted by molar-refractivity contribution is -0.119. The molecule has 2 aromatic carbocycles. The lowest BCUT2D eigenvalue weighted by Crippen LogP contribution is -2.25. The van der Waals surface area contributed by atoms with Gasteiger partial charge in [-0.25, -0.2) is 0 Å². The molecule has 4 heteroatoms. The molecule has 1 heterocycles. The number of carbonyl (C=O) groups excluding carboxylic acids is 1. The summed E-state index contributed by atoms with van der Waals surface area (Å²) in [6.45, 7) is 6.34. The smallest absolute Gasteiger partial charge is 0.234 e. The van der Waals surface area contributed by atoms with Crippen LogP contribution in [0.4, 0.5) is 11.4 Å². The van der Waals surface area contributed by atoms with Gasteiger partial charge in [-0.2, -0.15) is 0 Å². The van der Waals surface area contributed by atoms with Crippen LogP contribution in [0, 0.1) is 0 Å². The number of carbonyl (C=O) groups is 1. The molecule has 126 valence electrons. The van der Waals surface area contributed by atoms with Crippen molar-refractivity contribution in [1.82, 2.24) is 0 Å². The first-order valence-corrected chi connectivity index (χ1v) is 9.25. The van der Waals surface area contributed by atoms with Crippen LogP contribution in [-0.2, 0) is 11.2 Å². The van der Waals surface area contributed by atoms with Crippen molar-refractivity contribution < 1.29 is 4.79 Å². The van der Waals surface area contributed by atoms with Gasteiger partial charge in [0.05, 0.1) is 5.92 Å². The van der Waals surface area contributed by atoms with Crippen molar-refractivity contribution in [2.45, 2.75) is 26.2 Å². The molecule has 2 aromatic rings. The van der Waals surface area contributed by atoms with Gasteiger partial charge >= 0.3 is 0 Å². The van der Waals surface area contributed by atoms with Gasteiger partial charge in [-0.3, -0.25) is 4.79 Å². The van der Waals surface area contributed by atoms with E-state index in [1.165, 1.54) is 11.3 Å². The van der Waals surface area contributed by atoms with Crippen LogP contribution in [0.15, 0.2) is 46.9 Å². The normalized spacial score (nSPS) is 16.4. The Labute approximate surface area is 152 Å². The average Bonchev–Trinajstić information content (AvgIpc) is 2.82. The number of hydrogen-bond acceptors (Lipinski definition) is 2. The Kier molecular flexibility index (Phi) is 4.95. The van der Waals surface area contributed by atoms with E-state index in [-0.39, 0.29) is 11.8 Å². The topological polar surface area (TPSA) is 23.6 Å². The van der Waals surface area contributed by atoms with E-state index in [1.807, 2.05) is 19.2 Å². The standard InChI is InChI=1S/C20H23BrN2O/c1-4-23(5-2)16-9-6-14(7-10-16)12-18-17-13-15(21)8-11-19(17)22(3)20(18)24/h6-11,13,18H,4-5,12H2,1-3H3/t18-/m1/s1. The Morgan fingerprint density at radius 2 is 1.75 bits per heavy atom. The molecule has 0 aromatic heterocycles. The third kappa shape index (κ3) is 3.07. The van der Waals surface area contributed by atoms with Gasteiger partial charge in [0.2, 0.25) is 5.91 Å². The molecule has 3 nitrogen and oxygen atoms in total. The molecule has 3 rings (SSSR count). The molecule has 0 spiro atoms. The number of likely N-dealkylation sites (N-methyl/N-ethyl adjacent to an activating group) is 1. The van der Waals surface area contributed by atoms with E-state index in [9.17, 15) is 4.79 Å². The molecule has 0 fully saturated rings. The summed E-state index contributed by atoms with van der Waals surface area (Å²) in [6, 6.07) is 14.7. The number of hydrogen-bond donors (Lipinski definition) is 0. The second-order valence-electron chi connectivity index (χ2n) is 6.20. The van der Waals surface area contributed by atoms with Crippen molar-refractivity contribution in [1.29, 1.82) is 0 Å². The first kappa shape index (κ1) is 17.0. The van der Waals surface area contributed by atoms with Gasteiger partial charge in [-0.05, 0) is 61.7 Å². The van der Waals surface area contributed by atoms with Crippen LogP contribution in [0.25, 0.3) is 0 Å². The summed E-state index contributed by atoms with van der Waals surface area (Å²) in [5, 5.41) is 0. The lowest BCUT2D eigenvalue weighted by atomic mass is 9.93. The van der Waals surface area contributed by atoms with Crippen molar-refractivity contribution in [2.75, 3.05) is 29.9 Å². The highest BCUT2D eigenvalue weighted by molar-refractivity contribution is 9.10. The first-order valence-electron chi connectivity index (χ1n) is 8.46. The molecule has 0 saturated heterocycles. The fraction of sp³-hybridized carbons (Fsp3) is 0.350. The largest absolute Gasteiger partial charge is 0.372 e. The van der Waals surface area contributed by atoms with E-state index in [0.717, 1.165) is 35.2 Å². The molecular weight excluding hydrogens is 364 g/mol. The first-order chi connectivity index (χ1) is 11.5. The van der Waals surface area contributed by atoms with E-state index in [0.29, 0.717) is 0 Å². The number of benzene rings is 2. The minimum absolute atomic E-state index is 0.0956. The number of rotatable bonds is 5. The summed E-state index contributed by atoms with van der Waals surface area (Å²) in [6.07, 6.45) is 0.741. The van der Waals surface area contributed by atoms with Crippen molar-refractivity contribution in [3.05, 3.63) is 58.1 Å². The summed E-state index contributed by atoms with van der Waals surface area (Å²) in [5.41, 5.74) is 4.57. The number of anilines is 2. The van der Waals surface area contributed by atoms with Crippen LogP contribution in [-0.4, -0.2) is 26.0 Å². The van der Waals surface area contributed by atoms with Gasteiger partial charge in [0, 0.05) is 36.0 Å². The zero-order valence-corrected chi connectivity index (χ0v) is 16.0. The minimum atomic E-state index is -0.0956. The molecule has 0 aliphatic carbocycles. The molecule has 0 radical (unpaired) electrons. The second-order valence-corrected chi connectivity index (χ2v) is 7.11. The predicted molar refractivity (Wildman–Crippen MR) is 104 cm³/mol. The van der Waals surface area contributed by atoms with E-state index in [2.05, 4.69) is 65.0 Å². The highest BCUT2D eigenvalue weighted by atomic mass is 79.9. The summed E-state index contributed by atoms with van der Waals surface area (Å²) in [5.74, 6) is 0.0812. The SMILES string of the molecule is CCN(CC)c1ccc(C[C@H]2C(=O)N(C)c3ccc(Br)cc32)cc1. The number of nitrogens with zero attached hydrogens (tertiary/aromatic N) is 2. The van der Waals surface area contributed by atoms with Gasteiger partial charge < -0.3 is 9.80 Å². The fourth-order valence-electron chi connectivity index (χ4n) is 3.46. The Morgan fingerprint density at radius 3 is 2.38 bits per heavy atom. The number of fused-ring (bicyclic) bond motifs is 1.